The Balaban J connectivity index is 1.48. The van der Waals surface area contributed by atoms with E-state index in [-0.39, 0.29) is 18.9 Å². The zero-order chi connectivity index (χ0) is 23.1. The van der Waals surface area contributed by atoms with Gasteiger partial charge in [0.05, 0.1) is 7.11 Å². The van der Waals surface area contributed by atoms with E-state index in [9.17, 15) is 19.2 Å². The minimum absolute atomic E-state index is 0.0667. The fourth-order valence-electron chi connectivity index (χ4n) is 3.87. The summed E-state index contributed by atoms with van der Waals surface area (Å²) in [6.07, 6.45) is 5.07. The Kier molecular flexibility index (Phi) is 7.86. The van der Waals surface area contributed by atoms with Crippen LogP contribution < -0.4 is 21.0 Å². The van der Waals surface area contributed by atoms with Crippen molar-refractivity contribution in [1.82, 2.24) is 10.6 Å². The molecule has 9 nitrogen and oxygen atoms in total. The first-order chi connectivity index (χ1) is 15.4. The number of imide groups is 1. The van der Waals surface area contributed by atoms with Crippen molar-refractivity contribution in [3.8, 4) is 5.75 Å². The topological polar surface area (TPSA) is 124 Å². The van der Waals surface area contributed by atoms with Crippen LogP contribution in [0.3, 0.4) is 0 Å². The molecule has 1 aromatic heterocycles. The summed E-state index contributed by atoms with van der Waals surface area (Å²) < 4.78 is 15.4. The normalized spacial score (nSPS) is 14.1. The quantitative estimate of drug-likeness (QED) is 0.497. The molecule has 1 aliphatic carbocycles. The summed E-state index contributed by atoms with van der Waals surface area (Å²) in [6.45, 7) is 1.22. The van der Waals surface area contributed by atoms with Crippen molar-refractivity contribution in [3.63, 3.8) is 0 Å². The molecule has 0 spiro atoms. The van der Waals surface area contributed by atoms with Crippen molar-refractivity contribution in [2.24, 2.45) is 0 Å². The van der Waals surface area contributed by atoms with Gasteiger partial charge < -0.3 is 19.2 Å². The number of nitrogens with one attached hydrogen (secondary N) is 2. The van der Waals surface area contributed by atoms with Gasteiger partial charge in [0.2, 0.25) is 0 Å². The minimum Gasteiger partial charge on any atom is -0.497 e. The predicted molar refractivity (Wildman–Crippen MR) is 117 cm³/mol. The van der Waals surface area contributed by atoms with Crippen molar-refractivity contribution >= 4 is 28.9 Å². The third-order valence-corrected chi connectivity index (χ3v) is 5.63. The molecule has 2 aromatic rings. The van der Waals surface area contributed by atoms with E-state index in [4.69, 9.17) is 13.9 Å². The largest absolute Gasteiger partial charge is 0.497 e. The molecule has 0 aliphatic heterocycles. The number of aryl methyl sites for hydroxylation is 1. The number of amides is 3. The van der Waals surface area contributed by atoms with Crippen molar-refractivity contribution in [3.05, 3.63) is 39.7 Å². The number of ether oxygens (including phenoxy) is 2. The summed E-state index contributed by atoms with van der Waals surface area (Å²) in [4.78, 5) is 48.1. The Labute approximate surface area is 185 Å². The first-order valence-electron chi connectivity index (χ1n) is 10.7. The summed E-state index contributed by atoms with van der Waals surface area (Å²) >= 11 is 0. The lowest BCUT2D eigenvalue weighted by atomic mass is 9.96. The molecule has 0 bridgehead atoms. The lowest BCUT2D eigenvalue weighted by Crippen LogP contribution is -2.46. The molecule has 32 heavy (non-hydrogen) atoms. The van der Waals surface area contributed by atoms with E-state index in [0.29, 0.717) is 22.5 Å². The number of fused-ring (bicyclic) bond motifs is 1. The van der Waals surface area contributed by atoms with Crippen LogP contribution in [0.4, 0.5) is 4.79 Å². The third-order valence-electron chi connectivity index (χ3n) is 5.63. The van der Waals surface area contributed by atoms with E-state index in [1.54, 1.807) is 25.1 Å². The molecule has 1 heterocycles. The zero-order valence-electron chi connectivity index (χ0n) is 18.3. The highest BCUT2D eigenvalue weighted by Crippen LogP contribution is 2.24. The van der Waals surface area contributed by atoms with Crippen molar-refractivity contribution < 1.29 is 28.3 Å². The molecule has 1 fully saturated rings. The summed E-state index contributed by atoms with van der Waals surface area (Å²) in [7, 11) is 1.52. The Hall–Kier alpha value is -3.36. The number of hydrogen-bond acceptors (Lipinski definition) is 7. The van der Waals surface area contributed by atoms with Gasteiger partial charge >= 0.3 is 17.6 Å². The van der Waals surface area contributed by atoms with Gasteiger partial charge in [-0.2, -0.15) is 0 Å². The summed E-state index contributed by atoms with van der Waals surface area (Å²) in [5.41, 5.74) is 0.953. The molecule has 172 valence electrons. The molecule has 1 aliphatic rings. The summed E-state index contributed by atoms with van der Waals surface area (Å²) in [5, 5.41) is 5.66. The summed E-state index contributed by atoms with van der Waals surface area (Å²) in [6, 6.07) is 4.66. The molecule has 0 atom stereocenters. The van der Waals surface area contributed by atoms with Crippen LogP contribution in [-0.4, -0.2) is 37.7 Å². The van der Waals surface area contributed by atoms with Crippen LogP contribution in [0.25, 0.3) is 11.0 Å². The number of urea groups is 1. The third kappa shape index (κ3) is 6.09. The fraction of sp³-hybridized carbons (Fsp3) is 0.478. The Morgan fingerprint density at radius 3 is 2.62 bits per heavy atom. The van der Waals surface area contributed by atoms with Crippen LogP contribution in [0, 0.1) is 6.92 Å². The first kappa shape index (κ1) is 23.3. The van der Waals surface area contributed by atoms with E-state index in [2.05, 4.69) is 10.6 Å². The number of carbonyl (C=O) groups excluding carboxylic acids is 3. The summed E-state index contributed by atoms with van der Waals surface area (Å²) in [5.74, 6) is -0.787. The smallest absolute Gasteiger partial charge is 0.339 e. The molecule has 2 N–H and O–H groups in total. The number of rotatable bonds is 7. The minimum atomic E-state index is -0.706. The van der Waals surface area contributed by atoms with Gasteiger partial charge in [-0.1, -0.05) is 19.3 Å². The Morgan fingerprint density at radius 1 is 1.16 bits per heavy atom. The van der Waals surface area contributed by atoms with E-state index in [0.717, 1.165) is 37.5 Å². The van der Waals surface area contributed by atoms with Crippen LogP contribution in [0.1, 0.15) is 49.7 Å². The van der Waals surface area contributed by atoms with E-state index < -0.39 is 30.1 Å². The fourth-order valence-corrected chi connectivity index (χ4v) is 3.87. The van der Waals surface area contributed by atoms with Gasteiger partial charge in [-0.25, -0.2) is 9.59 Å². The molecular weight excluding hydrogens is 416 g/mol. The maximum Gasteiger partial charge on any atom is 0.339 e. The van der Waals surface area contributed by atoms with Crippen molar-refractivity contribution in [1.29, 1.82) is 0 Å². The molecule has 0 saturated heterocycles. The van der Waals surface area contributed by atoms with Gasteiger partial charge in [-0.3, -0.25) is 14.9 Å². The van der Waals surface area contributed by atoms with Gasteiger partial charge in [0.15, 0.2) is 6.61 Å². The van der Waals surface area contributed by atoms with E-state index in [1.807, 2.05) is 0 Å². The second-order valence-electron chi connectivity index (χ2n) is 7.87. The van der Waals surface area contributed by atoms with Gasteiger partial charge in [0.1, 0.15) is 11.3 Å². The Morgan fingerprint density at radius 2 is 1.91 bits per heavy atom. The van der Waals surface area contributed by atoms with Crippen LogP contribution in [0.5, 0.6) is 5.75 Å². The molecule has 0 radical (unpaired) electrons. The number of hydrogen-bond donors (Lipinski definition) is 2. The molecule has 9 heteroatoms. The van der Waals surface area contributed by atoms with Crippen molar-refractivity contribution in [2.75, 3.05) is 13.7 Å². The molecule has 3 amide bonds. The maximum atomic E-state index is 12.3. The highest BCUT2D eigenvalue weighted by atomic mass is 16.5. The van der Waals surface area contributed by atoms with Gasteiger partial charge in [-0.15, -0.1) is 0 Å². The highest BCUT2D eigenvalue weighted by Gasteiger charge is 2.18. The second-order valence-corrected chi connectivity index (χ2v) is 7.87. The number of benzene rings is 1. The van der Waals surface area contributed by atoms with Gasteiger partial charge in [0.25, 0.3) is 5.91 Å². The molecular formula is C23H28N2O7. The Bertz CT molecular complexity index is 1050. The number of carbonyl (C=O) groups is 3. The highest BCUT2D eigenvalue weighted by molar-refractivity contribution is 5.95. The van der Waals surface area contributed by atoms with E-state index >= 15 is 0 Å². The van der Waals surface area contributed by atoms with Crippen LogP contribution >= 0.6 is 0 Å². The molecule has 1 aromatic carbocycles. The van der Waals surface area contributed by atoms with Crippen LogP contribution in [0.2, 0.25) is 0 Å². The molecule has 0 unspecified atom stereocenters. The first-order valence-corrected chi connectivity index (χ1v) is 10.7. The van der Waals surface area contributed by atoms with Crippen LogP contribution in [0.15, 0.2) is 27.4 Å². The van der Waals surface area contributed by atoms with Crippen molar-refractivity contribution in [2.45, 2.75) is 57.9 Å². The average molecular weight is 444 g/mol. The van der Waals surface area contributed by atoms with Gasteiger partial charge in [0, 0.05) is 29.5 Å². The van der Waals surface area contributed by atoms with Crippen LogP contribution in [-0.2, 0) is 20.7 Å². The molecule has 1 saturated carbocycles. The van der Waals surface area contributed by atoms with E-state index in [1.165, 1.54) is 7.11 Å². The predicted octanol–water partition coefficient (Wildman–Crippen LogP) is 2.74. The average Bonchev–Trinajstić information content (AvgIpc) is 2.77. The van der Waals surface area contributed by atoms with Gasteiger partial charge in [-0.05, 0) is 43.9 Å². The monoisotopic (exact) mass is 444 g/mol. The lowest BCUT2D eigenvalue weighted by Gasteiger charge is -2.22. The number of esters is 1. The standard InChI is InChI=1S/C23H28N2O7/c1-14-17-9-8-16(30-2)12-19(17)32-22(28)18(14)10-11-21(27)31-13-20(26)25-23(29)24-15-6-4-3-5-7-15/h8-9,12,15H,3-7,10-11,13H2,1-2H3,(H2,24,25,26,29). The maximum absolute atomic E-state index is 12.3. The zero-order valence-corrected chi connectivity index (χ0v) is 18.3. The number of methoxy groups -OCH3 is 1. The molecule has 3 rings (SSSR count). The second kappa shape index (κ2) is 10.8. The SMILES string of the molecule is COc1ccc2c(C)c(CCC(=O)OCC(=O)NC(=O)NC3CCCCC3)c(=O)oc2c1. The lowest BCUT2D eigenvalue weighted by molar-refractivity contribution is -0.148.